The molecule has 1 atom stereocenters. The third-order valence-corrected chi connectivity index (χ3v) is 6.17. The van der Waals surface area contributed by atoms with Gasteiger partial charge in [0, 0.05) is 37.3 Å². The van der Waals surface area contributed by atoms with Gasteiger partial charge in [0.1, 0.15) is 17.3 Å². The molecule has 0 spiro atoms. The van der Waals surface area contributed by atoms with Gasteiger partial charge in [-0.2, -0.15) is 5.10 Å². The number of amides is 1. The summed E-state index contributed by atoms with van der Waals surface area (Å²) in [5.41, 5.74) is 3.79. The lowest BCUT2D eigenvalue weighted by Crippen LogP contribution is -2.42. The molecule has 8 heteroatoms. The first-order valence-electron chi connectivity index (χ1n) is 10.7. The van der Waals surface area contributed by atoms with Crippen LogP contribution in [0.25, 0.3) is 11.3 Å². The summed E-state index contributed by atoms with van der Waals surface area (Å²) < 4.78 is 24.4. The molecule has 1 unspecified atom stereocenters. The second-order valence-corrected chi connectivity index (χ2v) is 8.00. The van der Waals surface area contributed by atoms with Crippen molar-refractivity contribution in [1.82, 2.24) is 20.0 Å². The van der Waals surface area contributed by atoms with Crippen LogP contribution in [0.15, 0.2) is 48.5 Å². The Balaban J connectivity index is 1.52. The van der Waals surface area contributed by atoms with Gasteiger partial charge in [-0.25, -0.2) is 4.39 Å². The molecule has 0 bridgehead atoms. The zero-order chi connectivity index (χ0) is 22.1. The van der Waals surface area contributed by atoms with Gasteiger partial charge in [-0.1, -0.05) is 12.1 Å². The number of halogens is 1. The minimum atomic E-state index is -0.338. The molecule has 2 aliphatic rings. The number of nitrogens with zero attached hydrogens (tertiary/aromatic N) is 3. The highest BCUT2D eigenvalue weighted by Crippen LogP contribution is 2.42. The fourth-order valence-electron chi connectivity index (χ4n) is 4.46. The fourth-order valence-corrected chi connectivity index (χ4v) is 4.46. The Hall–Kier alpha value is -3.23. The fraction of sp³-hybridized carbons (Fsp3) is 0.333. The smallest absolute Gasteiger partial charge is 0.273 e. The first-order chi connectivity index (χ1) is 15.7. The molecular formula is C24H25FN4O3. The first-order valence-corrected chi connectivity index (χ1v) is 10.7. The molecule has 0 aliphatic carbocycles. The van der Waals surface area contributed by atoms with E-state index in [1.165, 1.54) is 12.1 Å². The predicted molar refractivity (Wildman–Crippen MR) is 117 cm³/mol. The summed E-state index contributed by atoms with van der Waals surface area (Å²) >= 11 is 0. The molecule has 3 heterocycles. The Labute approximate surface area is 185 Å². The highest BCUT2D eigenvalue weighted by molar-refractivity contribution is 6.00. The number of fused-ring (bicyclic) bond motifs is 1. The number of methoxy groups -OCH3 is 1. The SMILES string of the molecule is COc1ccc(-c2n[nH]c3c2C(c2ccc(F)cc2)N(CCN2CCOCC2)C3=O)cc1. The number of morpholine rings is 1. The number of aromatic nitrogens is 2. The zero-order valence-corrected chi connectivity index (χ0v) is 17.9. The molecule has 0 saturated carbocycles. The highest BCUT2D eigenvalue weighted by atomic mass is 19.1. The van der Waals surface area contributed by atoms with Crippen molar-refractivity contribution in [3.8, 4) is 17.0 Å². The van der Waals surface area contributed by atoms with Gasteiger partial charge in [0.25, 0.3) is 5.91 Å². The number of nitrogens with one attached hydrogen (secondary N) is 1. The summed E-state index contributed by atoms with van der Waals surface area (Å²) in [5, 5.41) is 7.44. The van der Waals surface area contributed by atoms with Crippen LogP contribution in [0.4, 0.5) is 4.39 Å². The van der Waals surface area contributed by atoms with Crippen molar-refractivity contribution in [3.63, 3.8) is 0 Å². The number of hydrogen-bond acceptors (Lipinski definition) is 5. The van der Waals surface area contributed by atoms with E-state index in [0.717, 1.165) is 47.8 Å². The quantitative estimate of drug-likeness (QED) is 0.643. The second-order valence-electron chi connectivity index (χ2n) is 8.00. The largest absolute Gasteiger partial charge is 0.497 e. The van der Waals surface area contributed by atoms with Crippen molar-refractivity contribution >= 4 is 5.91 Å². The van der Waals surface area contributed by atoms with Crippen molar-refractivity contribution in [1.29, 1.82) is 0 Å². The van der Waals surface area contributed by atoms with Gasteiger partial charge < -0.3 is 14.4 Å². The number of H-pyrrole nitrogens is 1. The van der Waals surface area contributed by atoms with E-state index in [1.54, 1.807) is 19.2 Å². The van der Waals surface area contributed by atoms with Crippen LogP contribution in [-0.4, -0.2) is 72.4 Å². The number of rotatable bonds is 6. The molecule has 7 nitrogen and oxygen atoms in total. The Morgan fingerprint density at radius 3 is 2.50 bits per heavy atom. The summed E-state index contributed by atoms with van der Waals surface area (Å²) in [4.78, 5) is 17.5. The summed E-state index contributed by atoms with van der Waals surface area (Å²) in [5.74, 6) is 0.356. The van der Waals surface area contributed by atoms with Crippen LogP contribution in [0.5, 0.6) is 5.75 Å². The molecule has 2 aliphatic heterocycles. The molecule has 0 radical (unpaired) electrons. The maximum Gasteiger partial charge on any atom is 0.273 e. The number of carbonyl (C=O) groups is 1. The van der Waals surface area contributed by atoms with Gasteiger partial charge in [0.05, 0.1) is 32.1 Å². The molecule has 166 valence electrons. The van der Waals surface area contributed by atoms with Crippen LogP contribution >= 0.6 is 0 Å². The number of aromatic amines is 1. The molecule has 3 aromatic rings. The van der Waals surface area contributed by atoms with Gasteiger partial charge in [0.15, 0.2) is 0 Å². The number of benzene rings is 2. The van der Waals surface area contributed by atoms with Crippen LogP contribution in [-0.2, 0) is 4.74 Å². The van der Waals surface area contributed by atoms with Crippen molar-refractivity contribution in [2.75, 3.05) is 46.5 Å². The zero-order valence-electron chi connectivity index (χ0n) is 17.9. The minimum Gasteiger partial charge on any atom is -0.497 e. The van der Waals surface area contributed by atoms with E-state index in [0.29, 0.717) is 25.5 Å². The Kier molecular flexibility index (Phi) is 5.63. The molecule has 32 heavy (non-hydrogen) atoms. The summed E-state index contributed by atoms with van der Waals surface area (Å²) in [6.07, 6.45) is 0. The molecule has 1 amide bonds. The molecule has 1 fully saturated rings. The average Bonchev–Trinajstić information content (AvgIpc) is 3.38. The summed E-state index contributed by atoms with van der Waals surface area (Å²) in [7, 11) is 1.62. The van der Waals surface area contributed by atoms with E-state index in [4.69, 9.17) is 9.47 Å². The number of hydrogen-bond donors (Lipinski definition) is 1. The van der Waals surface area contributed by atoms with Gasteiger partial charge in [-0.05, 0) is 42.0 Å². The molecule has 5 rings (SSSR count). The standard InChI is InChI=1S/C24H25FN4O3/c1-31-19-8-4-16(5-9-19)21-20-22(27-26-21)24(30)29(11-10-28-12-14-32-15-13-28)23(20)17-2-6-18(25)7-3-17/h2-9,23H,10-15H2,1H3,(H,26,27). The van der Waals surface area contributed by atoms with E-state index in [9.17, 15) is 9.18 Å². The third kappa shape index (κ3) is 3.76. The van der Waals surface area contributed by atoms with E-state index >= 15 is 0 Å². The Morgan fingerprint density at radius 1 is 1.09 bits per heavy atom. The van der Waals surface area contributed by atoms with Gasteiger partial charge >= 0.3 is 0 Å². The van der Waals surface area contributed by atoms with Crippen LogP contribution in [0.2, 0.25) is 0 Å². The highest BCUT2D eigenvalue weighted by Gasteiger charge is 2.42. The van der Waals surface area contributed by atoms with Gasteiger partial charge in [0.2, 0.25) is 0 Å². The maximum absolute atomic E-state index is 13.7. The second kappa shape index (κ2) is 8.72. The van der Waals surface area contributed by atoms with Gasteiger partial charge in [-0.3, -0.25) is 14.8 Å². The van der Waals surface area contributed by atoms with Gasteiger partial charge in [-0.15, -0.1) is 0 Å². The first kappa shape index (κ1) is 20.7. The lowest BCUT2D eigenvalue weighted by atomic mass is 9.96. The van der Waals surface area contributed by atoms with Crippen LogP contribution in [0, 0.1) is 5.82 Å². The van der Waals surface area contributed by atoms with E-state index < -0.39 is 0 Å². The molecule has 2 aromatic carbocycles. The molecule has 1 saturated heterocycles. The summed E-state index contributed by atoms with van der Waals surface area (Å²) in [6, 6.07) is 13.6. The molecular weight excluding hydrogens is 411 g/mol. The van der Waals surface area contributed by atoms with Crippen LogP contribution < -0.4 is 4.74 Å². The van der Waals surface area contributed by atoms with Crippen molar-refractivity contribution in [2.45, 2.75) is 6.04 Å². The Bertz CT molecular complexity index is 1090. The van der Waals surface area contributed by atoms with E-state index in [2.05, 4.69) is 15.1 Å². The summed E-state index contributed by atoms with van der Waals surface area (Å²) in [6.45, 7) is 4.44. The molecule has 1 aromatic heterocycles. The van der Waals surface area contributed by atoms with E-state index in [-0.39, 0.29) is 17.8 Å². The topological polar surface area (TPSA) is 70.7 Å². The molecule has 1 N–H and O–H groups in total. The van der Waals surface area contributed by atoms with Crippen LogP contribution in [0.3, 0.4) is 0 Å². The number of ether oxygens (including phenoxy) is 2. The van der Waals surface area contributed by atoms with Crippen molar-refractivity contribution in [2.24, 2.45) is 0 Å². The average molecular weight is 436 g/mol. The third-order valence-electron chi connectivity index (χ3n) is 6.17. The maximum atomic E-state index is 13.7. The lowest BCUT2D eigenvalue weighted by Gasteiger charge is -2.31. The Morgan fingerprint density at radius 2 is 1.81 bits per heavy atom. The lowest BCUT2D eigenvalue weighted by molar-refractivity contribution is 0.0316. The predicted octanol–water partition coefficient (Wildman–Crippen LogP) is 3.10. The van der Waals surface area contributed by atoms with Crippen molar-refractivity contribution in [3.05, 3.63) is 71.2 Å². The minimum absolute atomic E-state index is 0.0881. The monoisotopic (exact) mass is 436 g/mol. The normalized spacial score (nSPS) is 18.8. The van der Waals surface area contributed by atoms with Crippen LogP contribution in [0.1, 0.15) is 27.7 Å². The van der Waals surface area contributed by atoms with E-state index in [1.807, 2.05) is 29.2 Å². The van der Waals surface area contributed by atoms with Crippen molar-refractivity contribution < 1.29 is 18.7 Å². The number of carbonyl (C=O) groups excluding carboxylic acids is 1.